The van der Waals surface area contributed by atoms with Gasteiger partial charge in [-0.1, -0.05) is 12.1 Å². The second kappa shape index (κ2) is 9.93. The molecule has 180 valence electrons. The second-order valence-electron chi connectivity index (χ2n) is 8.55. The first-order chi connectivity index (χ1) is 17.4. The molecule has 0 aliphatic heterocycles. The number of halogens is 1. The SMILES string of the molecule is CN(C)Cc1cncc(-c2ccc3[nH]nc(C(=O)Nc4ccc(Oc5cccc(F)c5)nc4)c3c2)c1. The standard InChI is InChI=1S/C27H23FN6O2/c1-34(2)16-17-10-19(14-29-13-17)18-6-8-24-23(11-18)26(33-32-24)27(35)31-21-7-9-25(30-15-21)36-22-5-3-4-20(28)12-22/h3-15H,16H2,1-2H3,(H,31,35)(H,32,33). The molecule has 0 aliphatic carbocycles. The van der Waals surface area contributed by atoms with Crippen LogP contribution >= 0.6 is 0 Å². The van der Waals surface area contributed by atoms with Gasteiger partial charge in [-0.15, -0.1) is 0 Å². The summed E-state index contributed by atoms with van der Waals surface area (Å²) in [5, 5.41) is 10.6. The molecule has 3 heterocycles. The Bertz CT molecular complexity index is 1530. The zero-order chi connectivity index (χ0) is 25.1. The first-order valence-corrected chi connectivity index (χ1v) is 11.2. The first kappa shape index (κ1) is 23.1. The number of hydrogen-bond donors (Lipinski definition) is 2. The van der Waals surface area contributed by atoms with Crippen LogP contribution in [0.5, 0.6) is 11.6 Å². The molecule has 0 saturated carbocycles. The number of carbonyl (C=O) groups is 1. The van der Waals surface area contributed by atoms with Crippen LogP contribution in [0.4, 0.5) is 10.1 Å². The number of carbonyl (C=O) groups excluding carboxylic acids is 1. The summed E-state index contributed by atoms with van der Waals surface area (Å²) in [6.07, 6.45) is 5.12. The summed E-state index contributed by atoms with van der Waals surface area (Å²) in [5.74, 6) is -0.166. The minimum atomic E-state index is -0.400. The molecular weight excluding hydrogens is 459 g/mol. The number of amides is 1. The molecule has 2 N–H and O–H groups in total. The van der Waals surface area contributed by atoms with Crippen molar-refractivity contribution in [1.29, 1.82) is 0 Å². The fourth-order valence-corrected chi connectivity index (χ4v) is 3.82. The second-order valence-corrected chi connectivity index (χ2v) is 8.55. The average Bonchev–Trinajstić information content (AvgIpc) is 3.29. The number of nitrogens with zero attached hydrogens (tertiary/aromatic N) is 4. The molecule has 5 rings (SSSR count). The Morgan fingerprint density at radius 1 is 1.03 bits per heavy atom. The maximum Gasteiger partial charge on any atom is 0.276 e. The number of aromatic amines is 1. The lowest BCUT2D eigenvalue weighted by Gasteiger charge is -2.10. The van der Waals surface area contributed by atoms with Crippen LogP contribution in [0.2, 0.25) is 0 Å². The number of anilines is 1. The molecule has 0 atom stereocenters. The summed E-state index contributed by atoms with van der Waals surface area (Å²) >= 11 is 0. The Labute approximate surface area is 206 Å². The lowest BCUT2D eigenvalue weighted by atomic mass is 10.0. The smallest absolute Gasteiger partial charge is 0.276 e. The number of aromatic nitrogens is 4. The minimum absolute atomic E-state index is 0.268. The van der Waals surface area contributed by atoms with E-state index in [1.54, 1.807) is 30.5 Å². The normalized spacial score (nSPS) is 11.1. The Hall–Kier alpha value is -4.63. The van der Waals surface area contributed by atoms with Crippen LogP contribution < -0.4 is 10.1 Å². The van der Waals surface area contributed by atoms with Gasteiger partial charge < -0.3 is 15.0 Å². The highest BCUT2D eigenvalue weighted by Crippen LogP contribution is 2.27. The summed E-state index contributed by atoms with van der Waals surface area (Å²) in [6, 6.07) is 16.9. The van der Waals surface area contributed by atoms with Crippen LogP contribution in [0.1, 0.15) is 16.1 Å². The van der Waals surface area contributed by atoms with Crippen LogP contribution in [-0.2, 0) is 6.54 Å². The molecule has 5 aromatic rings. The van der Waals surface area contributed by atoms with E-state index < -0.39 is 5.82 Å². The Kier molecular flexibility index (Phi) is 6.38. The van der Waals surface area contributed by atoms with E-state index in [2.05, 4.69) is 36.4 Å². The fraction of sp³-hybridized carbons (Fsp3) is 0.111. The van der Waals surface area contributed by atoms with Gasteiger partial charge in [0.05, 0.1) is 17.4 Å². The number of fused-ring (bicyclic) bond motifs is 1. The molecule has 0 saturated heterocycles. The van der Waals surface area contributed by atoms with E-state index in [1.165, 1.54) is 18.3 Å². The van der Waals surface area contributed by atoms with Crippen molar-refractivity contribution in [1.82, 2.24) is 25.1 Å². The highest BCUT2D eigenvalue weighted by molar-refractivity contribution is 6.11. The highest BCUT2D eigenvalue weighted by atomic mass is 19.1. The number of nitrogens with one attached hydrogen (secondary N) is 2. The van der Waals surface area contributed by atoms with E-state index in [-0.39, 0.29) is 17.5 Å². The minimum Gasteiger partial charge on any atom is -0.439 e. The van der Waals surface area contributed by atoms with Gasteiger partial charge in [0.2, 0.25) is 5.88 Å². The zero-order valence-corrected chi connectivity index (χ0v) is 19.7. The lowest BCUT2D eigenvalue weighted by molar-refractivity contribution is 0.102. The summed E-state index contributed by atoms with van der Waals surface area (Å²) < 4.78 is 18.9. The van der Waals surface area contributed by atoms with E-state index in [9.17, 15) is 9.18 Å². The highest BCUT2D eigenvalue weighted by Gasteiger charge is 2.16. The molecule has 3 aromatic heterocycles. The molecule has 0 fully saturated rings. The van der Waals surface area contributed by atoms with E-state index in [0.29, 0.717) is 16.8 Å². The van der Waals surface area contributed by atoms with Crippen LogP contribution in [0.25, 0.3) is 22.0 Å². The first-order valence-electron chi connectivity index (χ1n) is 11.2. The van der Waals surface area contributed by atoms with Gasteiger partial charge in [0, 0.05) is 42.0 Å². The zero-order valence-electron chi connectivity index (χ0n) is 19.7. The number of H-pyrrole nitrogens is 1. The Morgan fingerprint density at radius 3 is 2.69 bits per heavy atom. The van der Waals surface area contributed by atoms with Crippen LogP contribution in [0.15, 0.2) is 79.3 Å². The van der Waals surface area contributed by atoms with Crippen LogP contribution in [-0.4, -0.2) is 45.1 Å². The van der Waals surface area contributed by atoms with Gasteiger partial charge in [0.15, 0.2) is 5.69 Å². The van der Waals surface area contributed by atoms with Crippen LogP contribution in [0.3, 0.4) is 0 Å². The number of pyridine rings is 2. The maximum atomic E-state index is 13.3. The molecule has 2 aromatic carbocycles. The molecule has 0 aliphatic rings. The quantitative estimate of drug-likeness (QED) is 0.328. The van der Waals surface area contributed by atoms with Crippen molar-refractivity contribution >= 4 is 22.5 Å². The van der Waals surface area contributed by atoms with Gasteiger partial charge >= 0.3 is 0 Å². The van der Waals surface area contributed by atoms with E-state index in [4.69, 9.17) is 4.74 Å². The third-order valence-electron chi connectivity index (χ3n) is 5.42. The molecule has 9 heteroatoms. The molecule has 8 nitrogen and oxygen atoms in total. The summed E-state index contributed by atoms with van der Waals surface area (Å²) in [5.41, 5.74) is 4.48. The molecule has 0 unspecified atom stereocenters. The van der Waals surface area contributed by atoms with Gasteiger partial charge in [-0.3, -0.25) is 14.9 Å². The van der Waals surface area contributed by atoms with Crippen molar-refractivity contribution in [3.8, 4) is 22.8 Å². The molecule has 36 heavy (non-hydrogen) atoms. The summed E-state index contributed by atoms with van der Waals surface area (Å²) in [7, 11) is 4.02. The number of hydrogen-bond acceptors (Lipinski definition) is 6. The monoisotopic (exact) mass is 482 g/mol. The van der Waals surface area contributed by atoms with Crippen molar-refractivity contribution in [3.05, 3.63) is 96.3 Å². The summed E-state index contributed by atoms with van der Waals surface area (Å²) in [6.45, 7) is 0.780. The van der Waals surface area contributed by atoms with Crippen molar-refractivity contribution < 1.29 is 13.9 Å². The van der Waals surface area contributed by atoms with Gasteiger partial charge in [0.1, 0.15) is 11.6 Å². The van der Waals surface area contributed by atoms with E-state index >= 15 is 0 Å². The Morgan fingerprint density at radius 2 is 1.92 bits per heavy atom. The Balaban J connectivity index is 1.34. The van der Waals surface area contributed by atoms with Gasteiger partial charge in [0.25, 0.3) is 5.91 Å². The van der Waals surface area contributed by atoms with E-state index in [0.717, 1.165) is 28.8 Å². The van der Waals surface area contributed by atoms with Gasteiger partial charge in [-0.05, 0) is 61.6 Å². The molecular formula is C27H23FN6O2. The predicted molar refractivity (Wildman–Crippen MR) is 135 cm³/mol. The van der Waals surface area contributed by atoms with Crippen molar-refractivity contribution in [2.75, 3.05) is 19.4 Å². The topological polar surface area (TPSA) is 96.0 Å². The number of ether oxygens (including phenoxy) is 1. The third-order valence-corrected chi connectivity index (χ3v) is 5.42. The van der Waals surface area contributed by atoms with Gasteiger partial charge in [-0.25, -0.2) is 9.37 Å². The average molecular weight is 483 g/mol. The van der Waals surface area contributed by atoms with Crippen LogP contribution in [0, 0.1) is 5.82 Å². The summed E-state index contributed by atoms with van der Waals surface area (Å²) in [4.78, 5) is 23.6. The molecule has 0 spiro atoms. The predicted octanol–water partition coefficient (Wildman–Crippen LogP) is 5.27. The largest absolute Gasteiger partial charge is 0.439 e. The van der Waals surface area contributed by atoms with Crippen molar-refractivity contribution in [2.45, 2.75) is 6.54 Å². The number of benzene rings is 2. The van der Waals surface area contributed by atoms with Crippen molar-refractivity contribution in [3.63, 3.8) is 0 Å². The molecule has 0 bridgehead atoms. The van der Waals surface area contributed by atoms with E-state index in [1.807, 2.05) is 38.5 Å². The lowest BCUT2D eigenvalue weighted by Crippen LogP contribution is -2.13. The third kappa shape index (κ3) is 5.21. The maximum absolute atomic E-state index is 13.3. The fourth-order valence-electron chi connectivity index (χ4n) is 3.82. The molecule has 1 amide bonds. The van der Waals surface area contributed by atoms with Gasteiger partial charge in [-0.2, -0.15) is 5.10 Å². The van der Waals surface area contributed by atoms with Crippen molar-refractivity contribution in [2.24, 2.45) is 0 Å². The molecule has 0 radical (unpaired) electrons. The number of rotatable bonds is 7.